The highest BCUT2D eigenvalue weighted by Gasteiger charge is 2.43. The first-order valence-electron chi connectivity index (χ1n) is 6.89. The molecule has 1 N–H and O–H groups in total. The molecular formula is C17H19NO2. The van der Waals surface area contributed by atoms with Crippen LogP contribution in [0.2, 0.25) is 0 Å². The van der Waals surface area contributed by atoms with Crippen molar-refractivity contribution in [1.29, 1.82) is 0 Å². The summed E-state index contributed by atoms with van der Waals surface area (Å²) < 4.78 is 5.80. The molecule has 1 heterocycles. The van der Waals surface area contributed by atoms with E-state index in [1.807, 2.05) is 55.5 Å². The van der Waals surface area contributed by atoms with E-state index in [2.05, 4.69) is 17.0 Å². The van der Waals surface area contributed by atoms with Gasteiger partial charge in [0.1, 0.15) is 5.72 Å². The average Bonchev–Trinajstić information content (AvgIpc) is 2.76. The molecule has 0 aliphatic carbocycles. The van der Waals surface area contributed by atoms with Crippen molar-refractivity contribution in [2.24, 2.45) is 0 Å². The second-order valence-corrected chi connectivity index (χ2v) is 5.29. The molecule has 3 rings (SSSR count). The number of hydrogen-bond donors (Lipinski definition) is 1. The number of β-amino-alcohol motifs (C(OH)–C–C–N with tert-alkyl or cyclic N) is 1. The predicted molar refractivity (Wildman–Crippen MR) is 77.7 cm³/mol. The number of benzene rings is 2. The third-order valence-corrected chi connectivity index (χ3v) is 3.87. The van der Waals surface area contributed by atoms with E-state index >= 15 is 0 Å². The molecule has 2 aromatic rings. The van der Waals surface area contributed by atoms with Crippen LogP contribution in [-0.4, -0.2) is 22.8 Å². The Morgan fingerprint density at radius 3 is 2.35 bits per heavy atom. The second kappa shape index (κ2) is 5.37. The quantitative estimate of drug-likeness (QED) is 0.930. The van der Waals surface area contributed by atoms with Gasteiger partial charge in [-0.2, -0.15) is 0 Å². The molecule has 0 radical (unpaired) electrons. The number of aliphatic hydroxyl groups excluding tert-OH is 1. The van der Waals surface area contributed by atoms with Crippen molar-refractivity contribution in [2.75, 3.05) is 6.54 Å². The van der Waals surface area contributed by atoms with E-state index in [1.165, 1.54) is 5.56 Å². The summed E-state index contributed by atoms with van der Waals surface area (Å²) in [5.41, 5.74) is 1.69. The van der Waals surface area contributed by atoms with Crippen molar-refractivity contribution in [3.63, 3.8) is 0 Å². The largest absolute Gasteiger partial charge is 0.367 e. The summed E-state index contributed by atoms with van der Waals surface area (Å²) in [6.07, 6.45) is -0.746. The van der Waals surface area contributed by atoms with Crippen molar-refractivity contribution in [3.8, 4) is 0 Å². The Bertz CT molecular complexity index is 558. The van der Waals surface area contributed by atoms with Gasteiger partial charge in [0.25, 0.3) is 0 Å². The highest BCUT2D eigenvalue weighted by molar-refractivity contribution is 5.23. The minimum Gasteiger partial charge on any atom is -0.367 e. The Hall–Kier alpha value is -1.68. The van der Waals surface area contributed by atoms with Gasteiger partial charge in [0.15, 0.2) is 6.29 Å². The first-order valence-corrected chi connectivity index (χ1v) is 6.89. The second-order valence-electron chi connectivity index (χ2n) is 5.29. The fourth-order valence-electron chi connectivity index (χ4n) is 2.76. The zero-order valence-corrected chi connectivity index (χ0v) is 11.6. The maximum absolute atomic E-state index is 9.91. The lowest BCUT2D eigenvalue weighted by molar-refractivity contribution is -0.158. The molecular weight excluding hydrogens is 250 g/mol. The van der Waals surface area contributed by atoms with Crippen molar-refractivity contribution in [2.45, 2.75) is 25.5 Å². The molecule has 2 atom stereocenters. The highest BCUT2D eigenvalue weighted by atomic mass is 16.6. The van der Waals surface area contributed by atoms with Gasteiger partial charge >= 0.3 is 0 Å². The lowest BCUT2D eigenvalue weighted by Gasteiger charge is -2.33. The van der Waals surface area contributed by atoms with Crippen molar-refractivity contribution in [1.82, 2.24) is 4.90 Å². The van der Waals surface area contributed by atoms with E-state index in [-0.39, 0.29) is 0 Å². The van der Waals surface area contributed by atoms with Crippen LogP contribution in [0.15, 0.2) is 60.7 Å². The summed E-state index contributed by atoms with van der Waals surface area (Å²) in [6, 6.07) is 20.3. The van der Waals surface area contributed by atoms with E-state index in [0.29, 0.717) is 6.54 Å². The zero-order chi connectivity index (χ0) is 14.0. The lowest BCUT2D eigenvalue weighted by atomic mass is 10.0. The van der Waals surface area contributed by atoms with Crippen LogP contribution in [-0.2, 0) is 17.0 Å². The molecule has 2 aromatic carbocycles. The molecule has 104 valence electrons. The fourth-order valence-corrected chi connectivity index (χ4v) is 2.76. The summed E-state index contributed by atoms with van der Waals surface area (Å²) in [7, 11) is 0. The average molecular weight is 269 g/mol. The number of aliphatic hydroxyl groups is 1. The molecule has 1 saturated heterocycles. The third kappa shape index (κ3) is 2.48. The van der Waals surface area contributed by atoms with E-state index in [1.54, 1.807) is 0 Å². The highest BCUT2D eigenvalue weighted by Crippen LogP contribution is 2.36. The SMILES string of the molecule is CC1(c2ccccc2)OC(O)CN1Cc1ccccc1. The standard InChI is InChI=1S/C17H19NO2/c1-17(15-10-6-3-7-11-15)18(13-16(19)20-17)12-14-8-4-2-5-9-14/h2-11,16,19H,12-13H2,1H3. The maximum Gasteiger partial charge on any atom is 0.170 e. The molecule has 20 heavy (non-hydrogen) atoms. The molecule has 3 heteroatoms. The zero-order valence-electron chi connectivity index (χ0n) is 11.6. The van der Waals surface area contributed by atoms with Crippen LogP contribution in [0.4, 0.5) is 0 Å². The first kappa shape index (κ1) is 13.3. The van der Waals surface area contributed by atoms with Crippen LogP contribution in [0.25, 0.3) is 0 Å². The van der Waals surface area contributed by atoms with Crippen LogP contribution in [0.3, 0.4) is 0 Å². The van der Waals surface area contributed by atoms with Gasteiger partial charge in [-0.1, -0.05) is 60.7 Å². The van der Waals surface area contributed by atoms with Crippen LogP contribution in [0.5, 0.6) is 0 Å². The molecule has 0 aromatic heterocycles. The van der Waals surface area contributed by atoms with Gasteiger partial charge in [-0.15, -0.1) is 0 Å². The number of hydrogen-bond acceptors (Lipinski definition) is 3. The Labute approximate surface area is 119 Å². The Morgan fingerprint density at radius 1 is 1.10 bits per heavy atom. The smallest absolute Gasteiger partial charge is 0.170 e. The summed E-state index contributed by atoms with van der Waals surface area (Å²) in [5.74, 6) is 0. The fraction of sp³-hybridized carbons (Fsp3) is 0.294. The summed E-state index contributed by atoms with van der Waals surface area (Å²) in [6.45, 7) is 3.28. The van der Waals surface area contributed by atoms with Crippen LogP contribution < -0.4 is 0 Å². The predicted octanol–water partition coefficient (Wildman–Crippen LogP) is 2.71. The summed E-state index contributed by atoms with van der Waals surface area (Å²) in [5, 5.41) is 9.91. The minimum absolute atomic E-state index is 0.514. The van der Waals surface area contributed by atoms with Gasteiger partial charge in [-0.05, 0) is 18.1 Å². The number of nitrogens with zero attached hydrogens (tertiary/aromatic N) is 1. The monoisotopic (exact) mass is 269 g/mol. The molecule has 1 fully saturated rings. The summed E-state index contributed by atoms with van der Waals surface area (Å²) in [4.78, 5) is 2.17. The van der Waals surface area contributed by atoms with E-state index in [9.17, 15) is 5.11 Å². The van der Waals surface area contributed by atoms with Gasteiger partial charge in [-0.25, -0.2) is 0 Å². The van der Waals surface area contributed by atoms with Crippen molar-refractivity contribution in [3.05, 3.63) is 71.8 Å². The van der Waals surface area contributed by atoms with Gasteiger partial charge in [0.2, 0.25) is 0 Å². The minimum atomic E-state index is -0.746. The van der Waals surface area contributed by atoms with E-state index in [0.717, 1.165) is 12.1 Å². The Kier molecular flexibility index (Phi) is 3.57. The molecule has 3 nitrogen and oxygen atoms in total. The number of ether oxygens (including phenoxy) is 1. The molecule has 2 unspecified atom stereocenters. The topological polar surface area (TPSA) is 32.7 Å². The number of rotatable bonds is 3. The van der Waals surface area contributed by atoms with E-state index < -0.39 is 12.0 Å². The van der Waals surface area contributed by atoms with Gasteiger partial charge in [0, 0.05) is 6.54 Å². The third-order valence-electron chi connectivity index (χ3n) is 3.87. The van der Waals surface area contributed by atoms with Crippen LogP contribution in [0, 0.1) is 0 Å². The van der Waals surface area contributed by atoms with Crippen LogP contribution in [0.1, 0.15) is 18.1 Å². The normalized spacial score (nSPS) is 26.8. The van der Waals surface area contributed by atoms with Gasteiger partial charge in [-0.3, -0.25) is 4.90 Å². The Morgan fingerprint density at radius 2 is 1.70 bits per heavy atom. The van der Waals surface area contributed by atoms with Gasteiger partial charge < -0.3 is 9.84 Å². The first-order chi connectivity index (χ1) is 9.68. The molecule has 1 aliphatic heterocycles. The molecule has 0 spiro atoms. The molecule has 0 saturated carbocycles. The van der Waals surface area contributed by atoms with Crippen LogP contribution >= 0.6 is 0 Å². The lowest BCUT2D eigenvalue weighted by Crippen LogP contribution is -2.39. The van der Waals surface area contributed by atoms with Gasteiger partial charge in [0.05, 0.1) is 6.54 Å². The maximum atomic E-state index is 9.91. The Balaban J connectivity index is 1.89. The molecule has 0 amide bonds. The molecule has 0 bridgehead atoms. The van der Waals surface area contributed by atoms with Crippen molar-refractivity contribution < 1.29 is 9.84 Å². The van der Waals surface area contributed by atoms with Crippen molar-refractivity contribution >= 4 is 0 Å². The summed E-state index contributed by atoms with van der Waals surface area (Å²) >= 11 is 0. The molecule has 1 aliphatic rings. The van der Waals surface area contributed by atoms with E-state index in [4.69, 9.17) is 4.74 Å².